The van der Waals surface area contributed by atoms with E-state index in [0.29, 0.717) is 23.3 Å². The summed E-state index contributed by atoms with van der Waals surface area (Å²) in [7, 11) is 0. The summed E-state index contributed by atoms with van der Waals surface area (Å²) in [6.45, 7) is 5.46. The lowest BCUT2D eigenvalue weighted by Gasteiger charge is -2.37. The molecule has 1 saturated heterocycles. The van der Waals surface area contributed by atoms with Gasteiger partial charge in [-0.2, -0.15) is 5.26 Å². The molecule has 1 aromatic heterocycles. The van der Waals surface area contributed by atoms with Crippen LogP contribution in [0, 0.1) is 17.2 Å². The van der Waals surface area contributed by atoms with E-state index in [1.807, 2.05) is 12.1 Å². The maximum absolute atomic E-state index is 8.95. The summed E-state index contributed by atoms with van der Waals surface area (Å²) in [5.41, 5.74) is 6.47. The highest BCUT2D eigenvalue weighted by molar-refractivity contribution is 5.55. The number of nitrogen functional groups attached to an aromatic ring is 1. The lowest BCUT2D eigenvalue weighted by molar-refractivity contribution is 0.388. The minimum absolute atomic E-state index is 0.327. The third-order valence-electron chi connectivity index (χ3n) is 3.43. The number of hydrogen-bond donors (Lipinski definition) is 1. The first-order valence-corrected chi connectivity index (χ1v) is 6.05. The Morgan fingerprint density at radius 2 is 2.18 bits per heavy atom. The van der Waals surface area contributed by atoms with Crippen LogP contribution in [0.15, 0.2) is 12.1 Å². The number of nitrogens with zero attached hydrogens (tertiary/aromatic N) is 3. The Kier molecular flexibility index (Phi) is 3.19. The summed E-state index contributed by atoms with van der Waals surface area (Å²) in [6, 6.07) is 6.20. The molecule has 4 heteroatoms. The second-order valence-electron chi connectivity index (χ2n) is 4.90. The lowest BCUT2D eigenvalue weighted by atomic mass is 9.95. The van der Waals surface area contributed by atoms with Crippen LogP contribution in [0.1, 0.15) is 32.4 Å². The first-order chi connectivity index (χ1) is 8.11. The molecule has 1 fully saturated rings. The summed E-state index contributed by atoms with van der Waals surface area (Å²) in [5, 5.41) is 8.95. The normalized spacial score (nSPS) is 24.4. The van der Waals surface area contributed by atoms with Crippen molar-refractivity contribution in [3.05, 3.63) is 17.8 Å². The van der Waals surface area contributed by atoms with Crippen LogP contribution in [0.3, 0.4) is 0 Å². The van der Waals surface area contributed by atoms with Crippen LogP contribution in [0.5, 0.6) is 0 Å². The number of nitrogens with two attached hydrogens (primary N) is 1. The van der Waals surface area contributed by atoms with E-state index in [0.717, 1.165) is 12.4 Å². The standard InChI is InChI=1S/C13H18N4/c1-9-3-4-10(2)17(8-9)13-6-5-11(15)12(7-14)16-13/h5-6,9-10H,3-4,8,15H2,1-2H3. The molecule has 0 radical (unpaired) electrons. The van der Waals surface area contributed by atoms with Crippen molar-refractivity contribution in [3.63, 3.8) is 0 Å². The molecular formula is C13H18N4. The van der Waals surface area contributed by atoms with E-state index in [-0.39, 0.29) is 0 Å². The van der Waals surface area contributed by atoms with Gasteiger partial charge in [-0.25, -0.2) is 4.98 Å². The second kappa shape index (κ2) is 4.62. The fraction of sp³-hybridized carbons (Fsp3) is 0.538. The van der Waals surface area contributed by atoms with Crippen molar-refractivity contribution in [2.24, 2.45) is 5.92 Å². The monoisotopic (exact) mass is 230 g/mol. The van der Waals surface area contributed by atoms with Crippen molar-refractivity contribution in [2.45, 2.75) is 32.7 Å². The molecule has 4 nitrogen and oxygen atoms in total. The van der Waals surface area contributed by atoms with Crippen LogP contribution in [0.2, 0.25) is 0 Å². The summed E-state index contributed by atoms with van der Waals surface area (Å²) in [4.78, 5) is 6.61. The van der Waals surface area contributed by atoms with E-state index < -0.39 is 0 Å². The number of anilines is 2. The average Bonchev–Trinajstić information content (AvgIpc) is 2.33. The minimum Gasteiger partial charge on any atom is -0.396 e. The number of pyridine rings is 1. The van der Waals surface area contributed by atoms with Gasteiger partial charge in [0.2, 0.25) is 0 Å². The van der Waals surface area contributed by atoms with E-state index in [2.05, 4.69) is 23.7 Å². The zero-order valence-electron chi connectivity index (χ0n) is 10.3. The lowest BCUT2D eigenvalue weighted by Crippen LogP contribution is -2.41. The Morgan fingerprint density at radius 1 is 1.41 bits per heavy atom. The Labute approximate surface area is 102 Å². The summed E-state index contributed by atoms with van der Waals surface area (Å²) >= 11 is 0. The summed E-state index contributed by atoms with van der Waals surface area (Å²) in [5.74, 6) is 1.55. The van der Waals surface area contributed by atoms with Gasteiger partial charge in [0.15, 0.2) is 5.69 Å². The zero-order chi connectivity index (χ0) is 12.4. The van der Waals surface area contributed by atoms with E-state index in [4.69, 9.17) is 11.0 Å². The molecule has 2 heterocycles. The fourth-order valence-corrected chi connectivity index (χ4v) is 2.32. The van der Waals surface area contributed by atoms with Gasteiger partial charge in [-0.1, -0.05) is 6.92 Å². The van der Waals surface area contributed by atoms with Gasteiger partial charge in [0, 0.05) is 12.6 Å². The topological polar surface area (TPSA) is 65.9 Å². The van der Waals surface area contributed by atoms with Crippen molar-refractivity contribution in [1.82, 2.24) is 4.98 Å². The first-order valence-electron chi connectivity index (χ1n) is 6.05. The third kappa shape index (κ3) is 2.33. The molecule has 0 bridgehead atoms. The van der Waals surface area contributed by atoms with Gasteiger partial charge in [0.25, 0.3) is 0 Å². The molecule has 0 amide bonds. The summed E-state index contributed by atoms with van der Waals surface area (Å²) in [6.07, 6.45) is 2.44. The molecule has 2 atom stereocenters. The van der Waals surface area contributed by atoms with Gasteiger partial charge < -0.3 is 10.6 Å². The first kappa shape index (κ1) is 11.7. The molecule has 2 unspecified atom stereocenters. The van der Waals surface area contributed by atoms with Crippen LogP contribution < -0.4 is 10.6 Å². The molecule has 0 aliphatic carbocycles. The molecule has 0 spiro atoms. The van der Waals surface area contributed by atoms with Gasteiger partial charge in [0.05, 0.1) is 5.69 Å². The number of rotatable bonds is 1. The SMILES string of the molecule is CC1CCC(C)N(c2ccc(N)c(C#N)n2)C1. The molecule has 1 aromatic rings. The zero-order valence-corrected chi connectivity index (χ0v) is 10.3. The average molecular weight is 230 g/mol. The quantitative estimate of drug-likeness (QED) is 0.802. The third-order valence-corrected chi connectivity index (χ3v) is 3.43. The molecular weight excluding hydrogens is 212 g/mol. The van der Waals surface area contributed by atoms with Gasteiger partial charge >= 0.3 is 0 Å². The van der Waals surface area contributed by atoms with Crippen molar-refractivity contribution in [2.75, 3.05) is 17.2 Å². The second-order valence-corrected chi connectivity index (χ2v) is 4.90. The molecule has 90 valence electrons. The van der Waals surface area contributed by atoms with E-state index >= 15 is 0 Å². The molecule has 0 aromatic carbocycles. The van der Waals surface area contributed by atoms with Crippen LogP contribution in [-0.2, 0) is 0 Å². The Bertz CT molecular complexity index is 449. The Balaban J connectivity index is 2.30. The van der Waals surface area contributed by atoms with E-state index in [1.54, 1.807) is 6.07 Å². The number of nitriles is 1. The van der Waals surface area contributed by atoms with Gasteiger partial charge in [-0.15, -0.1) is 0 Å². The minimum atomic E-state index is 0.327. The molecule has 17 heavy (non-hydrogen) atoms. The van der Waals surface area contributed by atoms with Crippen LogP contribution in [-0.4, -0.2) is 17.6 Å². The molecule has 2 N–H and O–H groups in total. The smallest absolute Gasteiger partial charge is 0.165 e. The number of aromatic nitrogens is 1. The van der Waals surface area contributed by atoms with Crippen LogP contribution >= 0.6 is 0 Å². The maximum Gasteiger partial charge on any atom is 0.165 e. The van der Waals surface area contributed by atoms with Crippen molar-refractivity contribution in [1.29, 1.82) is 5.26 Å². The molecule has 1 aliphatic rings. The van der Waals surface area contributed by atoms with Gasteiger partial charge in [0.1, 0.15) is 11.9 Å². The molecule has 2 rings (SSSR count). The molecule has 0 saturated carbocycles. The predicted octanol–water partition coefficient (Wildman–Crippen LogP) is 2.16. The Morgan fingerprint density at radius 3 is 2.88 bits per heavy atom. The van der Waals surface area contributed by atoms with Crippen LogP contribution in [0.4, 0.5) is 11.5 Å². The van der Waals surface area contributed by atoms with E-state index in [1.165, 1.54) is 12.8 Å². The maximum atomic E-state index is 8.95. The largest absolute Gasteiger partial charge is 0.396 e. The van der Waals surface area contributed by atoms with Crippen molar-refractivity contribution < 1.29 is 0 Å². The van der Waals surface area contributed by atoms with E-state index in [9.17, 15) is 0 Å². The van der Waals surface area contributed by atoms with Gasteiger partial charge in [-0.3, -0.25) is 0 Å². The highest BCUT2D eigenvalue weighted by Gasteiger charge is 2.24. The predicted molar refractivity (Wildman–Crippen MR) is 68.6 cm³/mol. The molecule has 1 aliphatic heterocycles. The fourth-order valence-electron chi connectivity index (χ4n) is 2.32. The van der Waals surface area contributed by atoms with Gasteiger partial charge in [-0.05, 0) is 37.8 Å². The number of piperidine rings is 1. The Hall–Kier alpha value is -1.76. The highest BCUT2D eigenvalue weighted by atomic mass is 15.2. The van der Waals surface area contributed by atoms with Crippen molar-refractivity contribution in [3.8, 4) is 6.07 Å². The van der Waals surface area contributed by atoms with Crippen LogP contribution in [0.25, 0.3) is 0 Å². The number of hydrogen-bond acceptors (Lipinski definition) is 4. The summed E-state index contributed by atoms with van der Waals surface area (Å²) < 4.78 is 0. The highest BCUT2D eigenvalue weighted by Crippen LogP contribution is 2.27. The van der Waals surface area contributed by atoms with Crippen molar-refractivity contribution >= 4 is 11.5 Å².